The Kier molecular flexibility index (Phi) is 8.21. The fourth-order valence-electron chi connectivity index (χ4n) is 6.59. The Balaban J connectivity index is 1.52. The summed E-state index contributed by atoms with van der Waals surface area (Å²) in [6.07, 6.45) is 1.51. The van der Waals surface area contributed by atoms with Crippen molar-refractivity contribution in [2.75, 3.05) is 6.61 Å². The summed E-state index contributed by atoms with van der Waals surface area (Å²) in [6.45, 7) is 9.65. The van der Waals surface area contributed by atoms with E-state index in [0.717, 1.165) is 22.3 Å². The number of carbonyl (C=O) groups is 1. The van der Waals surface area contributed by atoms with Gasteiger partial charge in [-0.25, -0.2) is 4.79 Å². The molecule has 0 bridgehead atoms. The van der Waals surface area contributed by atoms with Crippen LogP contribution < -0.4 is 0 Å². The van der Waals surface area contributed by atoms with Crippen LogP contribution in [0.15, 0.2) is 133 Å². The summed E-state index contributed by atoms with van der Waals surface area (Å²) < 4.78 is 26.3. The molecule has 0 aromatic heterocycles. The summed E-state index contributed by atoms with van der Waals surface area (Å²) in [5.41, 5.74) is 0.192. The molecule has 6 rings (SSSR count). The van der Waals surface area contributed by atoms with Gasteiger partial charge in [0, 0.05) is 0 Å². The number of ether oxygens (including phenoxy) is 2. The molecule has 0 spiro atoms. The second-order valence-electron chi connectivity index (χ2n) is 13.0. The van der Waals surface area contributed by atoms with Crippen molar-refractivity contribution in [2.45, 2.75) is 63.2 Å². The number of hydrogen-bond donors (Lipinski definition) is 0. The minimum absolute atomic E-state index is 0.320. The maximum atomic E-state index is 13.4. The van der Waals surface area contributed by atoms with Crippen LogP contribution in [0, 0.1) is 0 Å². The first-order chi connectivity index (χ1) is 21.6. The van der Waals surface area contributed by atoms with Gasteiger partial charge in [-0.15, -0.1) is 0 Å². The Morgan fingerprint density at radius 2 is 1.11 bits per heavy atom. The topological polar surface area (TPSA) is 57.2 Å². The molecule has 2 aliphatic rings. The first-order valence-electron chi connectivity index (χ1n) is 15.5. The van der Waals surface area contributed by atoms with Gasteiger partial charge in [-0.1, -0.05) is 133 Å². The minimum Gasteiger partial charge on any atom is -0.444 e. The zero-order valence-electron chi connectivity index (χ0n) is 26.6. The lowest BCUT2D eigenvalue weighted by Gasteiger charge is -2.46. The molecule has 2 saturated heterocycles. The van der Waals surface area contributed by atoms with Crippen molar-refractivity contribution in [1.82, 2.24) is 4.90 Å². The maximum Gasteiger partial charge on any atom is 0.487 e. The summed E-state index contributed by atoms with van der Waals surface area (Å²) in [5.74, 6) is 1.90. The normalized spacial score (nSPS) is 20.4. The number of carbonyl (C=O) groups excluding carboxylic acids is 1. The average Bonchev–Trinajstić information content (AvgIpc) is 3.56. The Bertz CT molecular complexity index is 1450. The van der Waals surface area contributed by atoms with Gasteiger partial charge in [0.25, 0.3) is 0 Å². The third-order valence-electron chi connectivity index (χ3n) is 8.40. The number of rotatable bonds is 6. The first-order valence-corrected chi connectivity index (χ1v) is 15.5. The predicted octanol–water partition coefficient (Wildman–Crippen LogP) is 7.88. The molecule has 0 unspecified atom stereocenters. The van der Waals surface area contributed by atoms with Gasteiger partial charge in [0.15, 0.2) is 0 Å². The van der Waals surface area contributed by atoms with E-state index in [4.69, 9.17) is 18.8 Å². The van der Waals surface area contributed by atoms with Crippen molar-refractivity contribution in [3.05, 3.63) is 156 Å². The Hall–Kier alpha value is -4.17. The van der Waals surface area contributed by atoms with E-state index in [9.17, 15) is 4.79 Å². The summed E-state index contributed by atoms with van der Waals surface area (Å²) in [4.78, 5) is 15.0. The van der Waals surface area contributed by atoms with E-state index >= 15 is 0 Å². The molecule has 4 aromatic rings. The van der Waals surface area contributed by atoms with Crippen LogP contribution in [-0.4, -0.2) is 42.1 Å². The molecule has 230 valence electrons. The van der Waals surface area contributed by atoms with Crippen LogP contribution in [0.1, 0.15) is 56.9 Å². The molecule has 6 nitrogen and oxygen atoms in total. The molecular weight excluding hydrogens is 561 g/mol. The lowest BCUT2D eigenvalue weighted by atomic mass is 9.66. The number of hydrogen-bond acceptors (Lipinski definition) is 5. The fraction of sp³-hybridized carbons (Fsp3) is 0.289. The third-order valence-corrected chi connectivity index (χ3v) is 8.40. The molecular formula is C38H40BNO5. The molecule has 2 aliphatic heterocycles. The van der Waals surface area contributed by atoms with E-state index in [1.54, 1.807) is 4.90 Å². The highest BCUT2D eigenvalue weighted by molar-refractivity contribution is 6.51. The molecule has 0 radical (unpaired) electrons. The van der Waals surface area contributed by atoms with Crippen LogP contribution in [-0.2, 0) is 30.0 Å². The standard InChI is InChI=1S/C38H40BNO5/c1-35(2,3)43-34(41)40-33(28-42-36(40,4)5)26-27-39-44-37(29-18-10-6-11-19-29,30-20-12-7-13-21-30)38(45-39,31-22-14-8-15-23-31)32-24-16-9-17-25-32/h6-27,33H,28H2,1-5H3/b27-26-/t33-/m1/s1. The van der Waals surface area contributed by atoms with Crippen LogP contribution in [0.3, 0.4) is 0 Å². The molecule has 1 atom stereocenters. The van der Waals surface area contributed by atoms with Gasteiger partial charge in [0.1, 0.15) is 22.5 Å². The molecule has 1 amide bonds. The quantitative estimate of drug-likeness (QED) is 0.211. The second kappa shape index (κ2) is 12.0. The highest BCUT2D eigenvalue weighted by Crippen LogP contribution is 2.59. The second-order valence-corrected chi connectivity index (χ2v) is 13.0. The van der Waals surface area contributed by atoms with Crippen molar-refractivity contribution in [2.24, 2.45) is 0 Å². The maximum absolute atomic E-state index is 13.4. The van der Waals surface area contributed by atoms with E-state index in [0.29, 0.717) is 6.61 Å². The smallest absolute Gasteiger partial charge is 0.444 e. The lowest BCUT2D eigenvalue weighted by molar-refractivity contribution is -0.0610. The zero-order valence-corrected chi connectivity index (χ0v) is 26.6. The van der Waals surface area contributed by atoms with Gasteiger partial charge in [0.2, 0.25) is 0 Å². The average molecular weight is 602 g/mol. The van der Waals surface area contributed by atoms with Gasteiger partial charge in [0.05, 0.1) is 12.6 Å². The zero-order chi connectivity index (χ0) is 31.7. The molecule has 0 N–H and O–H groups in total. The minimum atomic E-state index is -1.08. The van der Waals surface area contributed by atoms with E-state index < -0.39 is 35.7 Å². The van der Waals surface area contributed by atoms with Crippen LogP contribution in [0.25, 0.3) is 0 Å². The number of amides is 1. The molecule has 45 heavy (non-hydrogen) atoms. The van der Waals surface area contributed by atoms with Gasteiger partial charge in [-0.05, 0) is 56.9 Å². The molecule has 0 aliphatic carbocycles. The van der Waals surface area contributed by atoms with E-state index in [1.165, 1.54) is 0 Å². The third kappa shape index (κ3) is 5.61. The van der Waals surface area contributed by atoms with Gasteiger partial charge in [-0.2, -0.15) is 0 Å². The van der Waals surface area contributed by atoms with E-state index in [-0.39, 0.29) is 6.04 Å². The summed E-state index contributed by atoms with van der Waals surface area (Å²) in [5, 5.41) is 0. The fourth-order valence-corrected chi connectivity index (χ4v) is 6.59. The van der Waals surface area contributed by atoms with Crippen LogP contribution in [0.4, 0.5) is 4.79 Å². The number of benzene rings is 4. The van der Waals surface area contributed by atoms with Crippen molar-refractivity contribution in [1.29, 1.82) is 0 Å². The van der Waals surface area contributed by atoms with Crippen molar-refractivity contribution >= 4 is 13.2 Å². The van der Waals surface area contributed by atoms with Crippen molar-refractivity contribution in [3.8, 4) is 0 Å². The Morgan fingerprint density at radius 1 is 0.733 bits per heavy atom. The highest BCUT2D eigenvalue weighted by atomic mass is 16.7. The molecule has 2 fully saturated rings. The van der Waals surface area contributed by atoms with Crippen LogP contribution >= 0.6 is 0 Å². The SMILES string of the molecule is CC(C)(C)OC(=O)N1[C@H](/C=C\B2OC(c3ccccc3)(c3ccccc3)C(c3ccccc3)(c3ccccc3)O2)COC1(C)C. The predicted molar refractivity (Wildman–Crippen MR) is 176 cm³/mol. The molecule has 0 saturated carbocycles. The first kappa shape index (κ1) is 30.8. The highest BCUT2D eigenvalue weighted by Gasteiger charge is 2.65. The molecule has 2 heterocycles. The van der Waals surface area contributed by atoms with E-state index in [2.05, 4.69) is 48.5 Å². The van der Waals surface area contributed by atoms with E-state index in [1.807, 2.05) is 119 Å². The Morgan fingerprint density at radius 3 is 1.47 bits per heavy atom. The lowest BCUT2D eigenvalue weighted by Crippen LogP contribution is -2.49. The number of nitrogens with zero attached hydrogens (tertiary/aromatic N) is 1. The van der Waals surface area contributed by atoms with Gasteiger partial charge >= 0.3 is 13.2 Å². The van der Waals surface area contributed by atoms with Crippen molar-refractivity contribution in [3.63, 3.8) is 0 Å². The van der Waals surface area contributed by atoms with Crippen LogP contribution in [0.5, 0.6) is 0 Å². The molecule has 4 aromatic carbocycles. The summed E-state index contributed by atoms with van der Waals surface area (Å²) in [7, 11) is -0.782. The Labute approximate surface area is 266 Å². The van der Waals surface area contributed by atoms with Crippen molar-refractivity contribution < 1.29 is 23.6 Å². The van der Waals surface area contributed by atoms with Gasteiger partial charge in [-0.3, -0.25) is 4.90 Å². The van der Waals surface area contributed by atoms with Gasteiger partial charge < -0.3 is 18.8 Å². The summed E-state index contributed by atoms with van der Waals surface area (Å²) in [6, 6.07) is 40.7. The van der Waals surface area contributed by atoms with Crippen LogP contribution in [0.2, 0.25) is 0 Å². The monoisotopic (exact) mass is 601 g/mol. The summed E-state index contributed by atoms with van der Waals surface area (Å²) >= 11 is 0. The largest absolute Gasteiger partial charge is 0.487 e. The molecule has 7 heteroatoms.